The zero-order chi connectivity index (χ0) is 11.1. The van der Waals surface area contributed by atoms with Gasteiger partial charge >= 0.3 is 0 Å². The molecular weight excluding hydrogens is 198 g/mol. The van der Waals surface area contributed by atoms with Gasteiger partial charge in [-0.15, -0.1) is 0 Å². The average Bonchev–Trinajstić information content (AvgIpc) is 3.10. The molecule has 2 saturated carbocycles. The van der Waals surface area contributed by atoms with E-state index in [9.17, 15) is 0 Å². The summed E-state index contributed by atoms with van der Waals surface area (Å²) in [6, 6.07) is 2.85. The van der Waals surface area contributed by atoms with Crippen molar-refractivity contribution in [3.05, 3.63) is 23.3 Å². The van der Waals surface area contributed by atoms with Crippen LogP contribution in [0.15, 0.2) is 6.07 Å². The Kier molecular flexibility index (Phi) is 2.43. The Morgan fingerprint density at radius 2 is 2.12 bits per heavy atom. The number of hydrogen-bond acceptors (Lipinski definition) is 3. The van der Waals surface area contributed by atoms with Crippen LogP contribution in [0.1, 0.15) is 49.3 Å². The topological polar surface area (TPSA) is 37.8 Å². The van der Waals surface area contributed by atoms with E-state index in [0.29, 0.717) is 5.92 Å². The molecule has 16 heavy (non-hydrogen) atoms. The molecule has 3 rings (SSSR count). The third-order valence-corrected chi connectivity index (χ3v) is 3.51. The molecule has 0 aliphatic heterocycles. The summed E-state index contributed by atoms with van der Waals surface area (Å²) in [7, 11) is 0. The van der Waals surface area contributed by atoms with Crippen molar-refractivity contribution in [3.63, 3.8) is 0 Å². The van der Waals surface area contributed by atoms with Gasteiger partial charge in [0.05, 0.1) is 5.69 Å². The van der Waals surface area contributed by atoms with Crippen molar-refractivity contribution < 1.29 is 0 Å². The predicted molar refractivity (Wildman–Crippen MR) is 63.2 cm³/mol. The molecule has 3 nitrogen and oxygen atoms in total. The largest absolute Gasteiger partial charge is 0.308 e. The van der Waals surface area contributed by atoms with E-state index in [1.165, 1.54) is 19.3 Å². The lowest BCUT2D eigenvalue weighted by atomic mass is 10.2. The normalized spacial score (nSPS) is 28.1. The van der Waals surface area contributed by atoms with Crippen LogP contribution in [0.4, 0.5) is 0 Å². The van der Waals surface area contributed by atoms with E-state index >= 15 is 0 Å². The average molecular weight is 217 g/mol. The van der Waals surface area contributed by atoms with Crippen LogP contribution in [-0.4, -0.2) is 16.0 Å². The van der Waals surface area contributed by atoms with Crippen LogP contribution in [-0.2, 0) is 6.54 Å². The van der Waals surface area contributed by atoms with Gasteiger partial charge in [-0.1, -0.05) is 6.92 Å². The van der Waals surface area contributed by atoms with Crippen molar-refractivity contribution in [1.29, 1.82) is 0 Å². The fraction of sp³-hybridized carbons (Fsp3) is 0.692. The van der Waals surface area contributed by atoms with Crippen LogP contribution < -0.4 is 5.32 Å². The molecule has 2 fully saturated rings. The van der Waals surface area contributed by atoms with Crippen molar-refractivity contribution in [1.82, 2.24) is 15.3 Å². The molecule has 0 spiro atoms. The van der Waals surface area contributed by atoms with E-state index in [0.717, 1.165) is 35.7 Å². The Morgan fingerprint density at radius 3 is 2.75 bits per heavy atom. The molecule has 1 aromatic rings. The van der Waals surface area contributed by atoms with Gasteiger partial charge in [0.25, 0.3) is 0 Å². The predicted octanol–water partition coefficient (Wildman–Crippen LogP) is 2.16. The minimum absolute atomic E-state index is 0.625. The standard InChI is InChI=1S/C13H19N3/c1-8-5-12(8)13-15-9(2)6-11(16-13)7-14-10-3-4-10/h6,8,10,12,14H,3-5,7H2,1-2H3. The highest BCUT2D eigenvalue weighted by molar-refractivity contribution is 5.16. The summed E-state index contributed by atoms with van der Waals surface area (Å²) in [5.41, 5.74) is 2.27. The maximum Gasteiger partial charge on any atom is 0.132 e. The van der Waals surface area contributed by atoms with E-state index < -0.39 is 0 Å². The number of nitrogens with zero attached hydrogens (tertiary/aromatic N) is 2. The molecule has 3 heteroatoms. The lowest BCUT2D eigenvalue weighted by Crippen LogP contribution is -2.17. The summed E-state index contributed by atoms with van der Waals surface area (Å²) in [6.45, 7) is 5.25. The van der Waals surface area contributed by atoms with Crippen molar-refractivity contribution in [2.75, 3.05) is 0 Å². The maximum absolute atomic E-state index is 4.67. The summed E-state index contributed by atoms with van der Waals surface area (Å²) in [6.07, 6.45) is 3.92. The molecule has 2 aliphatic rings. The molecule has 1 aromatic heterocycles. The van der Waals surface area contributed by atoms with Crippen molar-refractivity contribution >= 4 is 0 Å². The highest BCUT2D eigenvalue weighted by Crippen LogP contribution is 2.45. The Hall–Kier alpha value is -0.960. The van der Waals surface area contributed by atoms with Gasteiger partial charge in [-0.3, -0.25) is 0 Å². The minimum Gasteiger partial charge on any atom is -0.308 e. The highest BCUT2D eigenvalue weighted by atomic mass is 15.0. The second-order valence-corrected chi connectivity index (χ2v) is 5.33. The second kappa shape index (κ2) is 3.81. The summed E-state index contributed by atoms with van der Waals surface area (Å²) in [5, 5.41) is 3.51. The van der Waals surface area contributed by atoms with Crippen LogP contribution in [0, 0.1) is 12.8 Å². The fourth-order valence-corrected chi connectivity index (χ4v) is 2.13. The van der Waals surface area contributed by atoms with Crippen LogP contribution in [0.3, 0.4) is 0 Å². The lowest BCUT2D eigenvalue weighted by Gasteiger charge is -2.06. The van der Waals surface area contributed by atoms with Gasteiger partial charge in [0.1, 0.15) is 5.82 Å². The van der Waals surface area contributed by atoms with Gasteiger partial charge in [0, 0.05) is 24.2 Å². The number of rotatable bonds is 4. The Labute approximate surface area is 96.7 Å². The lowest BCUT2D eigenvalue weighted by molar-refractivity contribution is 0.664. The first kappa shape index (κ1) is 10.2. The zero-order valence-corrected chi connectivity index (χ0v) is 10.0. The molecule has 86 valence electrons. The molecule has 0 saturated heterocycles. The molecule has 1 N–H and O–H groups in total. The van der Waals surface area contributed by atoms with Crippen molar-refractivity contribution in [3.8, 4) is 0 Å². The SMILES string of the molecule is Cc1cc(CNC2CC2)nc(C2CC2C)n1. The third kappa shape index (κ3) is 2.24. The number of nitrogens with one attached hydrogen (secondary N) is 1. The van der Waals surface area contributed by atoms with Gasteiger partial charge < -0.3 is 5.32 Å². The maximum atomic E-state index is 4.67. The third-order valence-electron chi connectivity index (χ3n) is 3.51. The van der Waals surface area contributed by atoms with Gasteiger partial charge in [-0.05, 0) is 38.2 Å². The number of hydrogen-bond donors (Lipinski definition) is 1. The highest BCUT2D eigenvalue weighted by Gasteiger charge is 2.36. The quantitative estimate of drug-likeness (QED) is 0.840. The van der Waals surface area contributed by atoms with Gasteiger partial charge in [-0.2, -0.15) is 0 Å². The van der Waals surface area contributed by atoms with E-state index in [1.807, 2.05) is 0 Å². The van der Waals surface area contributed by atoms with Crippen LogP contribution in [0.25, 0.3) is 0 Å². The molecule has 0 aromatic carbocycles. The van der Waals surface area contributed by atoms with Crippen LogP contribution in [0.5, 0.6) is 0 Å². The summed E-state index contributed by atoms with van der Waals surface area (Å²) in [5.74, 6) is 2.48. The van der Waals surface area contributed by atoms with E-state index in [4.69, 9.17) is 0 Å². The smallest absolute Gasteiger partial charge is 0.132 e. The fourth-order valence-electron chi connectivity index (χ4n) is 2.13. The van der Waals surface area contributed by atoms with E-state index in [1.54, 1.807) is 0 Å². The molecule has 0 bridgehead atoms. The van der Waals surface area contributed by atoms with Crippen molar-refractivity contribution in [2.45, 2.75) is 51.6 Å². The van der Waals surface area contributed by atoms with Gasteiger partial charge in [0.15, 0.2) is 0 Å². The second-order valence-electron chi connectivity index (χ2n) is 5.33. The van der Waals surface area contributed by atoms with Crippen molar-refractivity contribution in [2.24, 2.45) is 5.92 Å². The molecule has 2 unspecified atom stereocenters. The van der Waals surface area contributed by atoms with Gasteiger partial charge in [0.2, 0.25) is 0 Å². The number of aryl methyl sites for hydroxylation is 1. The Bertz CT molecular complexity index is 398. The number of aromatic nitrogens is 2. The zero-order valence-electron chi connectivity index (χ0n) is 10.0. The summed E-state index contributed by atoms with van der Waals surface area (Å²) >= 11 is 0. The first-order chi connectivity index (χ1) is 7.72. The molecule has 1 heterocycles. The molecular formula is C13H19N3. The van der Waals surface area contributed by atoms with Gasteiger partial charge in [-0.25, -0.2) is 9.97 Å². The van der Waals surface area contributed by atoms with Crippen LogP contribution >= 0.6 is 0 Å². The first-order valence-corrected chi connectivity index (χ1v) is 6.30. The first-order valence-electron chi connectivity index (χ1n) is 6.30. The summed E-state index contributed by atoms with van der Waals surface area (Å²) < 4.78 is 0. The minimum atomic E-state index is 0.625. The summed E-state index contributed by atoms with van der Waals surface area (Å²) in [4.78, 5) is 9.22. The van der Waals surface area contributed by atoms with Crippen LogP contribution in [0.2, 0.25) is 0 Å². The van der Waals surface area contributed by atoms with E-state index in [-0.39, 0.29) is 0 Å². The molecule has 2 atom stereocenters. The Balaban J connectivity index is 1.73. The molecule has 2 aliphatic carbocycles. The Morgan fingerprint density at radius 1 is 1.38 bits per heavy atom. The molecule has 0 amide bonds. The molecule has 0 radical (unpaired) electrons. The van der Waals surface area contributed by atoms with E-state index in [2.05, 4.69) is 35.2 Å². The monoisotopic (exact) mass is 217 g/mol.